The Morgan fingerprint density at radius 3 is 2.53 bits per heavy atom. The number of primary amides is 1. The number of hydrogen-bond donors (Lipinski definition) is 2. The van der Waals surface area contributed by atoms with Gasteiger partial charge in [-0.3, -0.25) is 14.4 Å². The van der Waals surface area contributed by atoms with Gasteiger partial charge in [0.05, 0.1) is 0 Å². The monoisotopic (exact) mass is 263 g/mol. The van der Waals surface area contributed by atoms with Crippen LogP contribution in [0.25, 0.3) is 0 Å². The van der Waals surface area contributed by atoms with Gasteiger partial charge in [-0.2, -0.15) is 0 Å². The Morgan fingerprint density at radius 2 is 2.00 bits per heavy atom. The van der Waals surface area contributed by atoms with Crippen molar-refractivity contribution in [3.05, 3.63) is 33.7 Å². The lowest BCUT2D eigenvalue weighted by Crippen LogP contribution is -2.43. The molecule has 1 saturated heterocycles. The van der Waals surface area contributed by atoms with Gasteiger partial charge in [-0.05, 0) is 19.8 Å². The summed E-state index contributed by atoms with van der Waals surface area (Å²) in [7, 11) is 0. The molecule has 1 aliphatic heterocycles. The van der Waals surface area contributed by atoms with Gasteiger partial charge in [0, 0.05) is 37.0 Å². The maximum absolute atomic E-state index is 12.2. The van der Waals surface area contributed by atoms with Crippen LogP contribution in [0.3, 0.4) is 0 Å². The van der Waals surface area contributed by atoms with Crippen molar-refractivity contribution in [1.29, 1.82) is 0 Å². The van der Waals surface area contributed by atoms with E-state index in [4.69, 9.17) is 5.73 Å². The minimum Gasteiger partial charge on any atom is -0.369 e. The second kappa shape index (κ2) is 5.26. The number of nitrogens with two attached hydrogens (primary N) is 1. The molecule has 0 aromatic carbocycles. The van der Waals surface area contributed by atoms with E-state index < -0.39 is 0 Å². The van der Waals surface area contributed by atoms with Crippen LogP contribution in [0.15, 0.2) is 17.1 Å². The molecule has 0 unspecified atom stereocenters. The zero-order valence-electron chi connectivity index (χ0n) is 10.8. The molecule has 1 aromatic rings. The first-order valence-electron chi connectivity index (χ1n) is 6.27. The third kappa shape index (κ3) is 2.83. The Balaban J connectivity index is 2.09. The van der Waals surface area contributed by atoms with Crippen LogP contribution in [0.1, 0.15) is 28.9 Å². The molecule has 6 heteroatoms. The summed E-state index contributed by atoms with van der Waals surface area (Å²) >= 11 is 0. The molecule has 3 N–H and O–H groups in total. The summed E-state index contributed by atoms with van der Waals surface area (Å²) in [6, 6.07) is 1.41. The van der Waals surface area contributed by atoms with E-state index in [2.05, 4.69) is 4.98 Å². The maximum atomic E-state index is 12.2. The van der Waals surface area contributed by atoms with Crippen LogP contribution in [0.2, 0.25) is 0 Å². The number of piperidine rings is 1. The molecule has 102 valence electrons. The number of nitrogens with zero attached hydrogens (tertiary/aromatic N) is 1. The molecule has 0 saturated carbocycles. The summed E-state index contributed by atoms with van der Waals surface area (Å²) in [5, 5.41) is 0. The van der Waals surface area contributed by atoms with Crippen LogP contribution in [0.5, 0.6) is 0 Å². The normalized spacial score (nSPS) is 16.4. The number of pyridine rings is 1. The summed E-state index contributed by atoms with van der Waals surface area (Å²) in [5.74, 6) is -0.773. The molecule has 1 aromatic heterocycles. The van der Waals surface area contributed by atoms with Crippen LogP contribution in [0.4, 0.5) is 0 Å². The van der Waals surface area contributed by atoms with Gasteiger partial charge in [0.25, 0.3) is 5.91 Å². The quantitative estimate of drug-likeness (QED) is 0.787. The zero-order valence-corrected chi connectivity index (χ0v) is 10.8. The number of aryl methyl sites for hydroxylation is 1. The smallest absolute Gasteiger partial charge is 0.259 e. The molecular formula is C13H17N3O3. The number of aromatic nitrogens is 1. The van der Waals surface area contributed by atoms with Gasteiger partial charge in [0.1, 0.15) is 5.56 Å². The summed E-state index contributed by atoms with van der Waals surface area (Å²) in [5.41, 5.74) is 5.82. The van der Waals surface area contributed by atoms with Crippen LogP contribution in [0, 0.1) is 12.8 Å². The standard InChI is InChI=1S/C13H17N3O3/c1-8-6-11(17)10(7-15-8)13(19)16-4-2-9(3-5-16)12(14)18/h6-7,9H,2-5H2,1H3,(H2,14,18)(H,15,17). The lowest BCUT2D eigenvalue weighted by molar-refractivity contribution is -0.123. The number of likely N-dealkylation sites (tertiary alicyclic amines) is 1. The van der Waals surface area contributed by atoms with Crippen molar-refractivity contribution in [2.24, 2.45) is 11.7 Å². The molecule has 0 bridgehead atoms. The van der Waals surface area contributed by atoms with E-state index in [9.17, 15) is 14.4 Å². The van der Waals surface area contributed by atoms with Gasteiger partial charge < -0.3 is 15.6 Å². The van der Waals surface area contributed by atoms with Crippen molar-refractivity contribution in [1.82, 2.24) is 9.88 Å². The van der Waals surface area contributed by atoms with Gasteiger partial charge in [-0.25, -0.2) is 0 Å². The topological polar surface area (TPSA) is 96.3 Å². The third-order valence-corrected chi connectivity index (χ3v) is 3.47. The molecule has 2 heterocycles. The molecule has 2 amide bonds. The fraction of sp³-hybridized carbons (Fsp3) is 0.462. The first kappa shape index (κ1) is 13.3. The number of amides is 2. The number of carbonyl (C=O) groups excluding carboxylic acids is 2. The van der Waals surface area contributed by atoms with Crippen LogP contribution >= 0.6 is 0 Å². The number of hydrogen-bond acceptors (Lipinski definition) is 3. The fourth-order valence-electron chi connectivity index (χ4n) is 2.28. The van der Waals surface area contributed by atoms with Crippen LogP contribution < -0.4 is 11.2 Å². The van der Waals surface area contributed by atoms with E-state index in [1.165, 1.54) is 12.3 Å². The lowest BCUT2D eigenvalue weighted by atomic mass is 9.96. The minimum atomic E-state index is -0.319. The second-order valence-corrected chi connectivity index (χ2v) is 4.86. The van der Waals surface area contributed by atoms with Gasteiger partial charge in [0.2, 0.25) is 5.91 Å². The van der Waals surface area contributed by atoms with E-state index >= 15 is 0 Å². The largest absolute Gasteiger partial charge is 0.369 e. The highest BCUT2D eigenvalue weighted by Crippen LogP contribution is 2.17. The van der Waals surface area contributed by atoms with E-state index in [0.29, 0.717) is 31.6 Å². The molecule has 19 heavy (non-hydrogen) atoms. The molecule has 6 nitrogen and oxygen atoms in total. The molecule has 1 fully saturated rings. The number of H-pyrrole nitrogens is 1. The number of aromatic amines is 1. The SMILES string of the molecule is Cc1cc(=O)c(C(=O)N2CCC(C(N)=O)CC2)c[nH]1. The van der Waals surface area contributed by atoms with Crippen molar-refractivity contribution in [2.45, 2.75) is 19.8 Å². The summed E-state index contributed by atoms with van der Waals surface area (Å²) < 4.78 is 0. The second-order valence-electron chi connectivity index (χ2n) is 4.86. The molecule has 0 atom stereocenters. The van der Waals surface area contributed by atoms with E-state index in [0.717, 1.165) is 0 Å². The van der Waals surface area contributed by atoms with Gasteiger partial charge in [-0.15, -0.1) is 0 Å². The van der Waals surface area contributed by atoms with Crippen molar-refractivity contribution in [2.75, 3.05) is 13.1 Å². The Bertz CT molecular complexity index is 556. The van der Waals surface area contributed by atoms with Crippen molar-refractivity contribution < 1.29 is 9.59 Å². The molecule has 2 rings (SSSR count). The average molecular weight is 263 g/mol. The van der Waals surface area contributed by atoms with E-state index in [1.54, 1.807) is 11.8 Å². The summed E-state index contributed by atoms with van der Waals surface area (Å²) in [6.45, 7) is 2.67. The summed E-state index contributed by atoms with van der Waals surface area (Å²) in [6.07, 6.45) is 2.57. The van der Waals surface area contributed by atoms with Crippen LogP contribution in [-0.2, 0) is 4.79 Å². The zero-order chi connectivity index (χ0) is 14.0. The molecule has 1 aliphatic rings. The summed E-state index contributed by atoms with van der Waals surface area (Å²) in [4.78, 5) is 39.5. The lowest BCUT2D eigenvalue weighted by Gasteiger charge is -2.30. The molecule has 0 radical (unpaired) electrons. The van der Waals surface area contributed by atoms with Gasteiger partial charge in [-0.1, -0.05) is 0 Å². The average Bonchev–Trinajstić information content (AvgIpc) is 2.38. The van der Waals surface area contributed by atoms with Crippen molar-refractivity contribution >= 4 is 11.8 Å². The van der Waals surface area contributed by atoms with E-state index in [1.807, 2.05) is 0 Å². The maximum Gasteiger partial charge on any atom is 0.259 e. The third-order valence-electron chi connectivity index (χ3n) is 3.47. The Morgan fingerprint density at radius 1 is 1.37 bits per heavy atom. The first-order valence-corrected chi connectivity index (χ1v) is 6.27. The Labute approximate surface area is 110 Å². The van der Waals surface area contributed by atoms with Crippen molar-refractivity contribution in [3.63, 3.8) is 0 Å². The number of carbonyl (C=O) groups is 2. The first-order chi connectivity index (χ1) is 8.99. The predicted molar refractivity (Wildman–Crippen MR) is 69.6 cm³/mol. The van der Waals surface area contributed by atoms with E-state index in [-0.39, 0.29) is 28.7 Å². The fourth-order valence-corrected chi connectivity index (χ4v) is 2.28. The highest BCUT2D eigenvalue weighted by atomic mass is 16.2. The minimum absolute atomic E-state index is 0.142. The Hall–Kier alpha value is -2.11. The highest BCUT2D eigenvalue weighted by Gasteiger charge is 2.27. The molecule has 0 spiro atoms. The number of nitrogens with one attached hydrogen (secondary N) is 1. The predicted octanol–water partition coefficient (Wildman–Crippen LogP) is 0.0208. The Kier molecular flexibility index (Phi) is 3.69. The molecular weight excluding hydrogens is 246 g/mol. The highest BCUT2D eigenvalue weighted by molar-refractivity contribution is 5.94. The van der Waals surface area contributed by atoms with Crippen molar-refractivity contribution in [3.8, 4) is 0 Å². The van der Waals surface area contributed by atoms with Gasteiger partial charge in [0.15, 0.2) is 5.43 Å². The van der Waals surface area contributed by atoms with Crippen LogP contribution in [-0.4, -0.2) is 34.8 Å². The van der Waals surface area contributed by atoms with Gasteiger partial charge >= 0.3 is 0 Å². The molecule has 0 aliphatic carbocycles. The number of rotatable bonds is 2.